The normalized spacial score (nSPS) is 11.9. The Morgan fingerprint density at radius 2 is 2.05 bits per heavy atom. The van der Waals surface area contributed by atoms with Crippen LogP contribution < -0.4 is 10.3 Å². The highest BCUT2D eigenvalue weighted by Crippen LogP contribution is 2.17. The lowest BCUT2D eigenvalue weighted by molar-refractivity contribution is 0.583. The Kier molecular flexibility index (Phi) is 3.86. The largest absolute Gasteiger partial charge is 0.321 e. The fourth-order valence-corrected chi connectivity index (χ4v) is 4.26. The molecule has 0 amide bonds. The Morgan fingerprint density at radius 1 is 1.23 bits per heavy atom. The molecule has 1 aromatic carbocycles. The van der Waals surface area contributed by atoms with E-state index in [9.17, 15) is 13.2 Å². The van der Waals surface area contributed by atoms with Crippen molar-refractivity contribution >= 4 is 32.3 Å². The fraction of sp³-hybridized carbons (Fsp3) is 0.133. The molecule has 3 rings (SSSR count). The SMILES string of the molecule is Cc1cccc2cc(CNS(=O)(=O)c3cccs3)c(=O)[nH]c12. The number of sulfonamides is 1. The molecule has 0 spiro atoms. The van der Waals surface area contributed by atoms with Crippen LogP contribution in [0.4, 0.5) is 0 Å². The molecule has 0 saturated carbocycles. The lowest BCUT2D eigenvalue weighted by Crippen LogP contribution is -2.26. The van der Waals surface area contributed by atoms with Gasteiger partial charge in [-0.05, 0) is 35.4 Å². The predicted molar refractivity (Wildman–Crippen MR) is 87.7 cm³/mol. The quantitative estimate of drug-likeness (QED) is 0.769. The van der Waals surface area contributed by atoms with Crippen LogP contribution >= 0.6 is 11.3 Å². The number of thiophene rings is 1. The summed E-state index contributed by atoms with van der Waals surface area (Å²) >= 11 is 1.14. The summed E-state index contributed by atoms with van der Waals surface area (Å²) in [4.78, 5) is 14.9. The van der Waals surface area contributed by atoms with Crippen LogP contribution in [0.1, 0.15) is 11.1 Å². The van der Waals surface area contributed by atoms with Crippen LogP contribution in [0.5, 0.6) is 0 Å². The van der Waals surface area contributed by atoms with Crippen molar-refractivity contribution in [2.75, 3.05) is 0 Å². The molecule has 2 N–H and O–H groups in total. The van der Waals surface area contributed by atoms with E-state index in [0.717, 1.165) is 27.8 Å². The first kappa shape index (κ1) is 15.0. The molecule has 0 atom stereocenters. The number of para-hydroxylation sites is 1. The van der Waals surface area contributed by atoms with Gasteiger partial charge in [0.25, 0.3) is 5.56 Å². The van der Waals surface area contributed by atoms with Crippen molar-refractivity contribution < 1.29 is 8.42 Å². The van der Waals surface area contributed by atoms with Gasteiger partial charge in [-0.25, -0.2) is 13.1 Å². The molecular weight excluding hydrogens is 320 g/mol. The van der Waals surface area contributed by atoms with E-state index < -0.39 is 10.0 Å². The zero-order valence-corrected chi connectivity index (χ0v) is 13.4. The van der Waals surface area contributed by atoms with Crippen LogP contribution in [0.25, 0.3) is 10.9 Å². The van der Waals surface area contributed by atoms with Crippen LogP contribution in [-0.4, -0.2) is 13.4 Å². The molecule has 2 aromatic heterocycles. The highest BCUT2D eigenvalue weighted by Gasteiger charge is 2.15. The predicted octanol–water partition coefficient (Wildman–Crippen LogP) is 2.38. The van der Waals surface area contributed by atoms with Gasteiger partial charge in [0.05, 0.1) is 5.52 Å². The number of nitrogens with one attached hydrogen (secondary N) is 2. The zero-order valence-electron chi connectivity index (χ0n) is 11.8. The van der Waals surface area contributed by atoms with E-state index in [4.69, 9.17) is 0 Å². The Hall–Kier alpha value is -1.96. The van der Waals surface area contributed by atoms with E-state index in [0.29, 0.717) is 5.56 Å². The Bertz CT molecular complexity index is 974. The van der Waals surface area contributed by atoms with Gasteiger partial charge in [-0.1, -0.05) is 24.3 Å². The third-order valence-corrected chi connectivity index (χ3v) is 6.18. The Balaban J connectivity index is 1.92. The first-order chi connectivity index (χ1) is 10.5. The second-order valence-corrected chi connectivity index (χ2v) is 7.86. The van der Waals surface area contributed by atoms with E-state index in [1.807, 2.05) is 25.1 Å². The van der Waals surface area contributed by atoms with Crippen molar-refractivity contribution in [3.63, 3.8) is 0 Å². The number of aromatic amines is 1. The lowest BCUT2D eigenvalue weighted by Gasteiger charge is -2.07. The number of aryl methyl sites for hydroxylation is 1. The van der Waals surface area contributed by atoms with Crippen LogP contribution in [0.2, 0.25) is 0 Å². The maximum Gasteiger partial charge on any atom is 0.252 e. The molecule has 7 heteroatoms. The summed E-state index contributed by atoms with van der Waals surface area (Å²) in [6.07, 6.45) is 0. The lowest BCUT2D eigenvalue weighted by atomic mass is 10.1. The molecule has 0 saturated heterocycles. The fourth-order valence-electron chi connectivity index (χ4n) is 2.22. The summed E-state index contributed by atoms with van der Waals surface area (Å²) in [5, 5.41) is 2.57. The molecular formula is C15H14N2O3S2. The van der Waals surface area contributed by atoms with Crippen LogP contribution in [0, 0.1) is 6.92 Å². The van der Waals surface area contributed by atoms with E-state index in [-0.39, 0.29) is 16.3 Å². The van der Waals surface area contributed by atoms with Crippen molar-refractivity contribution in [1.29, 1.82) is 0 Å². The van der Waals surface area contributed by atoms with Crippen LogP contribution in [-0.2, 0) is 16.6 Å². The molecule has 2 heterocycles. The standard InChI is InChI=1S/C15H14N2O3S2/c1-10-4-2-5-11-8-12(15(18)17-14(10)11)9-16-22(19,20)13-6-3-7-21-13/h2-8,16H,9H2,1H3,(H,17,18). The number of hydrogen-bond donors (Lipinski definition) is 2. The zero-order chi connectivity index (χ0) is 15.7. The second-order valence-electron chi connectivity index (χ2n) is 4.92. The summed E-state index contributed by atoms with van der Waals surface area (Å²) in [5.74, 6) is 0. The molecule has 0 fully saturated rings. The van der Waals surface area contributed by atoms with Gasteiger partial charge < -0.3 is 4.98 Å². The second kappa shape index (κ2) is 5.68. The minimum absolute atomic E-state index is 0.0422. The summed E-state index contributed by atoms with van der Waals surface area (Å²) in [6.45, 7) is 1.87. The smallest absolute Gasteiger partial charge is 0.252 e. The van der Waals surface area contributed by atoms with Crippen molar-refractivity contribution in [3.05, 3.63) is 63.3 Å². The molecule has 0 aliphatic heterocycles. The molecule has 0 bridgehead atoms. The Labute approximate surface area is 131 Å². The summed E-state index contributed by atoms with van der Waals surface area (Å²) in [6, 6.07) is 10.6. The minimum atomic E-state index is -3.58. The molecule has 22 heavy (non-hydrogen) atoms. The van der Waals surface area contributed by atoms with Crippen molar-refractivity contribution in [2.45, 2.75) is 17.7 Å². The number of pyridine rings is 1. The summed E-state index contributed by atoms with van der Waals surface area (Å²) < 4.78 is 26.9. The number of aromatic nitrogens is 1. The van der Waals surface area contributed by atoms with Gasteiger partial charge in [-0.15, -0.1) is 11.3 Å². The summed E-state index contributed by atoms with van der Waals surface area (Å²) in [7, 11) is -3.58. The number of benzene rings is 1. The molecule has 3 aromatic rings. The first-order valence-corrected chi connectivity index (χ1v) is 8.98. The molecule has 5 nitrogen and oxygen atoms in total. The molecule has 0 aliphatic rings. The van der Waals surface area contributed by atoms with Gasteiger partial charge in [0.1, 0.15) is 4.21 Å². The van der Waals surface area contributed by atoms with Crippen molar-refractivity contribution in [1.82, 2.24) is 9.71 Å². The average Bonchev–Trinajstić information content (AvgIpc) is 3.01. The maximum absolute atomic E-state index is 12.1. The number of rotatable bonds is 4. The first-order valence-electron chi connectivity index (χ1n) is 6.62. The number of fused-ring (bicyclic) bond motifs is 1. The third-order valence-electron chi connectivity index (χ3n) is 3.38. The minimum Gasteiger partial charge on any atom is -0.321 e. The highest BCUT2D eigenvalue weighted by atomic mass is 32.2. The monoisotopic (exact) mass is 334 g/mol. The summed E-state index contributed by atoms with van der Waals surface area (Å²) in [5.41, 5.74) is 1.85. The van der Waals surface area contributed by atoms with E-state index >= 15 is 0 Å². The Morgan fingerprint density at radius 3 is 2.77 bits per heavy atom. The topological polar surface area (TPSA) is 79.0 Å². The van der Waals surface area contributed by atoms with Gasteiger partial charge >= 0.3 is 0 Å². The van der Waals surface area contributed by atoms with Gasteiger partial charge in [-0.2, -0.15) is 0 Å². The van der Waals surface area contributed by atoms with Crippen LogP contribution in [0.3, 0.4) is 0 Å². The molecule has 0 unspecified atom stereocenters. The number of hydrogen-bond acceptors (Lipinski definition) is 4. The maximum atomic E-state index is 12.1. The van der Waals surface area contributed by atoms with Crippen molar-refractivity contribution in [3.8, 4) is 0 Å². The number of H-pyrrole nitrogens is 1. The van der Waals surface area contributed by atoms with Crippen molar-refractivity contribution in [2.24, 2.45) is 0 Å². The van der Waals surface area contributed by atoms with E-state index in [1.54, 1.807) is 17.5 Å². The van der Waals surface area contributed by atoms with Gasteiger partial charge in [0, 0.05) is 12.1 Å². The highest BCUT2D eigenvalue weighted by molar-refractivity contribution is 7.91. The average molecular weight is 334 g/mol. The van der Waals surface area contributed by atoms with Gasteiger partial charge in [-0.3, -0.25) is 4.79 Å². The van der Waals surface area contributed by atoms with E-state index in [2.05, 4.69) is 9.71 Å². The van der Waals surface area contributed by atoms with E-state index in [1.165, 1.54) is 6.07 Å². The molecule has 0 radical (unpaired) electrons. The third kappa shape index (κ3) is 2.83. The molecule has 0 aliphatic carbocycles. The van der Waals surface area contributed by atoms with Gasteiger partial charge in [0.15, 0.2) is 0 Å². The van der Waals surface area contributed by atoms with Crippen LogP contribution in [0.15, 0.2) is 50.8 Å². The molecule has 114 valence electrons. The van der Waals surface area contributed by atoms with Gasteiger partial charge in [0.2, 0.25) is 10.0 Å².